The van der Waals surface area contributed by atoms with Gasteiger partial charge in [0.1, 0.15) is 5.82 Å². The summed E-state index contributed by atoms with van der Waals surface area (Å²) < 4.78 is 69.3. The molecule has 0 aromatic heterocycles. The van der Waals surface area contributed by atoms with E-state index >= 15 is 0 Å². The summed E-state index contributed by atoms with van der Waals surface area (Å²) in [7, 11) is 0. The van der Waals surface area contributed by atoms with Crippen LogP contribution in [0.1, 0.15) is 29.9 Å². The summed E-state index contributed by atoms with van der Waals surface area (Å²) in [4.78, 5) is -0.671. The Morgan fingerprint density at radius 3 is 2.04 bits per heavy atom. The van der Waals surface area contributed by atoms with Crippen molar-refractivity contribution < 1.29 is 22.0 Å². The van der Waals surface area contributed by atoms with Gasteiger partial charge < -0.3 is 0 Å². The van der Waals surface area contributed by atoms with Crippen molar-refractivity contribution in [3.05, 3.63) is 89.3 Å². The van der Waals surface area contributed by atoms with Crippen molar-refractivity contribution >= 4 is 11.8 Å². The second-order valence-electron chi connectivity index (χ2n) is 5.92. The van der Waals surface area contributed by atoms with Gasteiger partial charge in [-0.15, -0.1) is 18.3 Å². The van der Waals surface area contributed by atoms with E-state index in [-0.39, 0.29) is 12.2 Å². The Balaban J connectivity index is 2.08. The molecule has 6 heteroatoms. The molecule has 0 amide bonds. The van der Waals surface area contributed by atoms with Crippen LogP contribution in [0.3, 0.4) is 0 Å². The minimum Gasteiger partial charge on any atom is -0.207 e. The molecule has 0 N–H and O–H groups in total. The molecule has 2 aromatic rings. The van der Waals surface area contributed by atoms with Gasteiger partial charge >= 0.3 is 0 Å². The predicted octanol–water partition coefficient (Wildman–Crippen LogP) is 6.95. The molecule has 0 aliphatic carbocycles. The summed E-state index contributed by atoms with van der Waals surface area (Å²) in [6.07, 6.45) is 7.53. The molecule has 0 spiro atoms. The highest BCUT2D eigenvalue weighted by Crippen LogP contribution is 2.35. The third-order valence-electron chi connectivity index (χ3n) is 4.19. The maximum atomic E-state index is 14.3. The molecular weight excluding hydrogens is 379 g/mol. The third kappa shape index (κ3) is 5.01. The van der Waals surface area contributed by atoms with E-state index in [0.29, 0.717) is 24.6 Å². The zero-order valence-corrected chi connectivity index (χ0v) is 15.6. The normalized spacial score (nSPS) is 12.5. The van der Waals surface area contributed by atoms with Crippen LogP contribution < -0.4 is 0 Å². The predicted molar refractivity (Wildman–Crippen MR) is 99.5 cm³/mol. The maximum absolute atomic E-state index is 14.3. The Bertz CT molecular complexity index is 798. The molecule has 0 fully saturated rings. The van der Waals surface area contributed by atoms with Crippen LogP contribution in [-0.4, -0.2) is 6.26 Å². The summed E-state index contributed by atoms with van der Waals surface area (Å²) in [6, 6.07) is 6.05. The lowest BCUT2D eigenvalue weighted by Gasteiger charge is -2.16. The van der Waals surface area contributed by atoms with Gasteiger partial charge in [0.2, 0.25) is 0 Å². The molecule has 144 valence electrons. The van der Waals surface area contributed by atoms with Gasteiger partial charge in [-0.3, -0.25) is 0 Å². The number of thioether (sulfide) groups is 1. The summed E-state index contributed by atoms with van der Waals surface area (Å²) >= 11 is 0.611. The van der Waals surface area contributed by atoms with Crippen molar-refractivity contribution in [2.24, 2.45) is 0 Å². The molecule has 1 atom stereocenters. The third-order valence-corrected chi connectivity index (χ3v) is 4.96. The first kappa shape index (κ1) is 21.2. The van der Waals surface area contributed by atoms with Crippen molar-refractivity contribution in [3.8, 4) is 0 Å². The fourth-order valence-electron chi connectivity index (χ4n) is 2.75. The molecule has 0 nitrogen and oxygen atoms in total. The lowest BCUT2D eigenvalue weighted by molar-refractivity contribution is 0.407. The molecule has 2 rings (SSSR count). The Labute approximate surface area is 159 Å². The first-order valence-electron chi connectivity index (χ1n) is 8.32. The summed E-state index contributed by atoms with van der Waals surface area (Å²) in [5, 5.41) is 0. The molecular formula is C21H19F5S. The largest absolute Gasteiger partial charge is 0.207 e. The highest BCUT2D eigenvalue weighted by molar-refractivity contribution is 7.98. The van der Waals surface area contributed by atoms with E-state index in [9.17, 15) is 22.0 Å². The average molecular weight is 398 g/mol. The van der Waals surface area contributed by atoms with Crippen molar-refractivity contribution in [2.75, 3.05) is 6.26 Å². The minimum atomic E-state index is -1.38. The fraction of sp³-hybridized carbons (Fsp3) is 0.238. The first-order chi connectivity index (χ1) is 12.9. The van der Waals surface area contributed by atoms with Crippen molar-refractivity contribution in [3.63, 3.8) is 0 Å². The highest BCUT2D eigenvalue weighted by Gasteiger charge is 2.28. The van der Waals surface area contributed by atoms with Crippen LogP contribution in [0.25, 0.3) is 0 Å². The van der Waals surface area contributed by atoms with E-state index in [0.717, 1.165) is 5.56 Å². The van der Waals surface area contributed by atoms with Gasteiger partial charge in [0.05, 0.1) is 4.90 Å². The lowest BCUT2D eigenvalue weighted by Crippen LogP contribution is -2.09. The molecule has 0 saturated carbocycles. The molecule has 0 heterocycles. The zero-order valence-electron chi connectivity index (χ0n) is 14.7. The van der Waals surface area contributed by atoms with Gasteiger partial charge in [-0.25, -0.2) is 22.0 Å². The van der Waals surface area contributed by atoms with Crippen molar-refractivity contribution in [2.45, 2.75) is 30.1 Å². The number of rotatable bonds is 8. The summed E-state index contributed by atoms with van der Waals surface area (Å²) in [6.45, 7) is 3.53. The second kappa shape index (κ2) is 9.74. The van der Waals surface area contributed by atoms with Crippen molar-refractivity contribution in [1.29, 1.82) is 0 Å². The standard InChI is InChI=1S/C21H19F5S/c1-3-14(8-6-4-5-7-13-9-11-15(22)12-10-13)16-17(23)19(25)21(27-2)20(26)18(16)24/h3-5,9-12,14H,1,6-8H2,2H3/b5-4+. The van der Waals surface area contributed by atoms with Gasteiger partial charge in [0, 0.05) is 11.5 Å². The van der Waals surface area contributed by atoms with E-state index in [1.165, 1.54) is 24.5 Å². The highest BCUT2D eigenvalue weighted by atomic mass is 32.2. The second-order valence-corrected chi connectivity index (χ2v) is 6.74. The number of benzene rings is 2. The smallest absolute Gasteiger partial charge is 0.175 e. The number of allylic oxidation sites excluding steroid dienone is 3. The number of halogens is 5. The zero-order chi connectivity index (χ0) is 20.0. The van der Waals surface area contributed by atoms with E-state index in [1.807, 2.05) is 6.08 Å². The maximum Gasteiger partial charge on any atom is 0.175 e. The van der Waals surface area contributed by atoms with Crippen LogP contribution in [-0.2, 0) is 6.42 Å². The van der Waals surface area contributed by atoms with Crippen LogP contribution in [0.5, 0.6) is 0 Å². The molecule has 0 radical (unpaired) electrons. The van der Waals surface area contributed by atoms with Gasteiger partial charge in [0.15, 0.2) is 23.3 Å². The van der Waals surface area contributed by atoms with E-state index < -0.39 is 39.6 Å². The van der Waals surface area contributed by atoms with E-state index in [1.54, 1.807) is 18.2 Å². The van der Waals surface area contributed by atoms with Crippen LogP contribution >= 0.6 is 11.8 Å². The topological polar surface area (TPSA) is 0 Å². The van der Waals surface area contributed by atoms with Gasteiger partial charge in [0.25, 0.3) is 0 Å². The van der Waals surface area contributed by atoms with Crippen LogP contribution in [0.4, 0.5) is 22.0 Å². The molecule has 2 aromatic carbocycles. The number of hydrogen-bond acceptors (Lipinski definition) is 1. The Hall–Kier alpha value is -2.08. The number of hydrogen-bond donors (Lipinski definition) is 0. The van der Waals surface area contributed by atoms with Crippen molar-refractivity contribution in [1.82, 2.24) is 0 Å². The lowest BCUT2D eigenvalue weighted by atomic mass is 9.92. The van der Waals surface area contributed by atoms with Crippen LogP contribution in [0.15, 0.2) is 54.0 Å². The molecule has 1 unspecified atom stereocenters. The first-order valence-corrected chi connectivity index (χ1v) is 9.55. The van der Waals surface area contributed by atoms with Gasteiger partial charge in [-0.1, -0.05) is 30.4 Å². The monoisotopic (exact) mass is 398 g/mol. The quantitative estimate of drug-likeness (QED) is 0.201. The molecule has 0 saturated heterocycles. The minimum absolute atomic E-state index is 0.245. The van der Waals surface area contributed by atoms with E-state index in [4.69, 9.17) is 0 Å². The molecule has 27 heavy (non-hydrogen) atoms. The molecule has 0 aliphatic heterocycles. The van der Waals surface area contributed by atoms with E-state index in [2.05, 4.69) is 6.58 Å². The fourth-order valence-corrected chi connectivity index (χ4v) is 3.28. The Kier molecular flexibility index (Phi) is 7.66. The van der Waals surface area contributed by atoms with Gasteiger partial charge in [-0.2, -0.15) is 0 Å². The SMILES string of the molecule is C=CC(CC/C=C/Cc1ccc(F)cc1)c1c(F)c(F)c(SC)c(F)c1F. The van der Waals surface area contributed by atoms with Crippen LogP contribution in [0, 0.1) is 29.1 Å². The molecule has 0 bridgehead atoms. The summed E-state index contributed by atoms with van der Waals surface area (Å²) in [5.41, 5.74) is 0.284. The Morgan fingerprint density at radius 2 is 1.52 bits per heavy atom. The van der Waals surface area contributed by atoms with Gasteiger partial charge in [-0.05, 0) is 43.2 Å². The average Bonchev–Trinajstić information content (AvgIpc) is 2.66. The van der Waals surface area contributed by atoms with Crippen LogP contribution in [0.2, 0.25) is 0 Å². The summed E-state index contributed by atoms with van der Waals surface area (Å²) in [5.74, 6) is -6.69. The molecule has 0 aliphatic rings. The Morgan fingerprint density at radius 1 is 0.926 bits per heavy atom.